The summed E-state index contributed by atoms with van der Waals surface area (Å²) < 4.78 is 7.01. The molecular weight excluding hydrogens is 350 g/mol. The van der Waals surface area contributed by atoms with E-state index < -0.39 is 0 Å². The van der Waals surface area contributed by atoms with Gasteiger partial charge in [0, 0.05) is 21.1 Å². The highest BCUT2D eigenvalue weighted by molar-refractivity contribution is 9.10. The average Bonchev–Trinajstić information content (AvgIpc) is 2.47. The van der Waals surface area contributed by atoms with Crippen molar-refractivity contribution in [3.8, 4) is 5.75 Å². The standard InChI is InChI=1S/C17H19BrClNO/c1-3-20-12(2)16-9-6-14(18)10-17(16)21-11-13-4-7-15(19)8-5-13/h4-10,12,20H,3,11H2,1-2H3. The summed E-state index contributed by atoms with van der Waals surface area (Å²) in [5, 5.41) is 4.15. The minimum atomic E-state index is 0.253. The lowest BCUT2D eigenvalue weighted by molar-refractivity contribution is 0.299. The van der Waals surface area contributed by atoms with Crippen molar-refractivity contribution in [3.05, 3.63) is 63.1 Å². The molecule has 0 saturated heterocycles. The van der Waals surface area contributed by atoms with E-state index in [2.05, 4.69) is 41.2 Å². The fourth-order valence-electron chi connectivity index (χ4n) is 2.15. The van der Waals surface area contributed by atoms with Crippen molar-refractivity contribution >= 4 is 27.5 Å². The van der Waals surface area contributed by atoms with E-state index in [1.165, 1.54) is 0 Å². The molecule has 0 aliphatic carbocycles. The average molecular weight is 369 g/mol. The highest BCUT2D eigenvalue weighted by Gasteiger charge is 2.11. The van der Waals surface area contributed by atoms with E-state index in [1.54, 1.807) is 0 Å². The van der Waals surface area contributed by atoms with Gasteiger partial charge in [-0.1, -0.05) is 52.7 Å². The van der Waals surface area contributed by atoms with Gasteiger partial charge in [0.2, 0.25) is 0 Å². The van der Waals surface area contributed by atoms with Crippen LogP contribution in [0.2, 0.25) is 5.02 Å². The Bertz CT molecular complexity index is 586. The summed E-state index contributed by atoms with van der Waals surface area (Å²) in [4.78, 5) is 0. The maximum Gasteiger partial charge on any atom is 0.125 e. The second-order valence-electron chi connectivity index (χ2n) is 4.88. The Labute approximate surface area is 139 Å². The smallest absolute Gasteiger partial charge is 0.125 e. The molecule has 2 nitrogen and oxygen atoms in total. The lowest BCUT2D eigenvalue weighted by Crippen LogP contribution is -2.18. The van der Waals surface area contributed by atoms with Crippen LogP contribution in [0, 0.1) is 0 Å². The third-order valence-corrected chi connectivity index (χ3v) is 4.01. The first-order valence-corrected chi connectivity index (χ1v) is 8.17. The lowest BCUT2D eigenvalue weighted by Gasteiger charge is -2.18. The van der Waals surface area contributed by atoms with Gasteiger partial charge in [0.1, 0.15) is 12.4 Å². The molecule has 0 fully saturated rings. The molecule has 21 heavy (non-hydrogen) atoms. The zero-order valence-corrected chi connectivity index (χ0v) is 14.5. The quantitative estimate of drug-likeness (QED) is 0.742. The molecule has 0 amide bonds. The van der Waals surface area contributed by atoms with Crippen molar-refractivity contribution in [2.75, 3.05) is 6.54 Å². The molecular formula is C17H19BrClNO. The Morgan fingerprint density at radius 1 is 1.19 bits per heavy atom. The predicted molar refractivity (Wildman–Crippen MR) is 92.0 cm³/mol. The second kappa shape index (κ2) is 7.83. The Balaban J connectivity index is 2.14. The summed E-state index contributed by atoms with van der Waals surface area (Å²) in [5.74, 6) is 0.896. The summed E-state index contributed by atoms with van der Waals surface area (Å²) in [6.45, 7) is 5.69. The van der Waals surface area contributed by atoms with Crippen LogP contribution >= 0.6 is 27.5 Å². The third kappa shape index (κ3) is 4.73. The van der Waals surface area contributed by atoms with Crippen LogP contribution in [0.4, 0.5) is 0 Å². The Morgan fingerprint density at radius 2 is 1.90 bits per heavy atom. The zero-order valence-electron chi connectivity index (χ0n) is 12.2. The molecule has 0 aliphatic rings. The largest absolute Gasteiger partial charge is 0.489 e. The molecule has 1 N–H and O–H groups in total. The fourth-order valence-corrected chi connectivity index (χ4v) is 2.61. The summed E-state index contributed by atoms with van der Waals surface area (Å²) in [6, 6.07) is 14.1. The molecule has 0 bridgehead atoms. The Hall–Kier alpha value is -1.03. The van der Waals surface area contributed by atoms with E-state index in [0.29, 0.717) is 6.61 Å². The molecule has 0 aliphatic heterocycles. The third-order valence-electron chi connectivity index (χ3n) is 3.26. The SMILES string of the molecule is CCNC(C)c1ccc(Br)cc1OCc1ccc(Cl)cc1. The molecule has 112 valence electrons. The van der Waals surface area contributed by atoms with Crippen molar-refractivity contribution in [1.29, 1.82) is 0 Å². The maximum absolute atomic E-state index is 6.00. The monoisotopic (exact) mass is 367 g/mol. The van der Waals surface area contributed by atoms with E-state index in [9.17, 15) is 0 Å². The van der Waals surface area contributed by atoms with Gasteiger partial charge < -0.3 is 10.1 Å². The highest BCUT2D eigenvalue weighted by atomic mass is 79.9. The van der Waals surface area contributed by atoms with Gasteiger partial charge in [-0.2, -0.15) is 0 Å². The number of hydrogen-bond acceptors (Lipinski definition) is 2. The summed E-state index contributed by atoms with van der Waals surface area (Å²) in [7, 11) is 0. The lowest BCUT2D eigenvalue weighted by atomic mass is 10.1. The van der Waals surface area contributed by atoms with E-state index in [4.69, 9.17) is 16.3 Å². The number of nitrogens with one attached hydrogen (secondary N) is 1. The summed E-state index contributed by atoms with van der Waals surface area (Å²) in [5.41, 5.74) is 2.26. The van der Waals surface area contributed by atoms with Crippen molar-refractivity contribution in [2.45, 2.75) is 26.5 Å². The fraction of sp³-hybridized carbons (Fsp3) is 0.294. The van der Waals surface area contributed by atoms with Gasteiger partial charge >= 0.3 is 0 Å². The molecule has 4 heteroatoms. The topological polar surface area (TPSA) is 21.3 Å². The van der Waals surface area contributed by atoms with E-state index in [1.807, 2.05) is 36.4 Å². The van der Waals surface area contributed by atoms with Gasteiger partial charge in [0.15, 0.2) is 0 Å². The second-order valence-corrected chi connectivity index (χ2v) is 6.23. The van der Waals surface area contributed by atoms with Crippen molar-refractivity contribution < 1.29 is 4.74 Å². The molecule has 0 aromatic heterocycles. The molecule has 0 radical (unpaired) electrons. The first kappa shape index (κ1) is 16.3. The van der Waals surface area contributed by atoms with Crippen LogP contribution < -0.4 is 10.1 Å². The minimum absolute atomic E-state index is 0.253. The molecule has 2 rings (SSSR count). The number of benzene rings is 2. The van der Waals surface area contributed by atoms with Gasteiger partial charge in [-0.3, -0.25) is 0 Å². The first-order chi connectivity index (χ1) is 10.1. The molecule has 0 heterocycles. The number of ether oxygens (including phenoxy) is 1. The van der Waals surface area contributed by atoms with Crippen LogP contribution in [0.3, 0.4) is 0 Å². The molecule has 0 spiro atoms. The van der Waals surface area contributed by atoms with Crippen LogP contribution in [-0.4, -0.2) is 6.54 Å². The Kier molecular flexibility index (Phi) is 6.09. The zero-order chi connectivity index (χ0) is 15.2. The molecule has 2 aromatic rings. The van der Waals surface area contributed by atoms with E-state index >= 15 is 0 Å². The predicted octanol–water partition coefficient (Wildman–Crippen LogP) is 5.35. The minimum Gasteiger partial charge on any atom is -0.489 e. The van der Waals surface area contributed by atoms with Gasteiger partial charge in [0.05, 0.1) is 0 Å². The van der Waals surface area contributed by atoms with Crippen LogP contribution in [0.25, 0.3) is 0 Å². The van der Waals surface area contributed by atoms with Gasteiger partial charge in [-0.05, 0) is 43.3 Å². The van der Waals surface area contributed by atoms with E-state index in [-0.39, 0.29) is 6.04 Å². The number of hydrogen-bond donors (Lipinski definition) is 1. The van der Waals surface area contributed by atoms with Crippen molar-refractivity contribution in [2.24, 2.45) is 0 Å². The van der Waals surface area contributed by atoms with Gasteiger partial charge in [-0.15, -0.1) is 0 Å². The Morgan fingerprint density at radius 3 is 2.57 bits per heavy atom. The molecule has 0 saturated carbocycles. The maximum atomic E-state index is 6.00. The van der Waals surface area contributed by atoms with Crippen LogP contribution in [0.15, 0.2) is 46.9 Å². The number of halogens is 2. The molecule has 1 unspecified atom stereocenters. The summed E-state index contributed by atoms with van der Waals surface area (Å²) >= 11 is 9.40. The van der Waals surface area contributed by atoms with Crippen LogP contribution in [0.5, 0.6) is 5.75 Å². The molecule has 2 aromatic carbocycles. The molecule has 1 atom stereocenters. The van der Waals surface area contributed by atoms with E-state index in [0.717, 1.165) is 32.9 Å². The van der Waals surface area contributed by atoms with Gasteiger partial charge in [0.25, 0.3) is 0 Å². The number of rotatable bonds is 6. The first-order valence-electron chi connectivity index (χ1n) is 7.00. The van der Waals surface area contributed by atoms with Crippen molar-refractivity contribution in [3.63, 3.8) is 0 Å². The summed E-state index contributed by atoms with van der Waals surface area (Å²) in [6.07, 6.45) is 0. The van der Waals surface area contributed by atoms with Crippen LogP contribution in [-0.2, 0) is 6.61 Å². The normalized spacial score (nSPS) is 12.2. The van der Waals surface area contributed by atoms with Crippen LogP contribution in [0.1, 0.15) is 31.0 Å². The van der Waals surface area contributed by atoms with Gasteiger partial charge in [-0.25, -0.2) is 0 Å². The highest BCUT2D eigenvalue weighted by Crippen LogP contribution is 2.29. The van der Waals surface area contributed by atoms with Crippen molar-refractivity contribution in [1.82, 2.24) is 5.32 Å².